The highest BCUT2D eigenvalue weighted by molar-refractivity contribution is 6.05. The van der Waals surface area contributed by atoms with Gasteiger partial charge in [0, 0.05) is 30.8 Å². The SMILES string of the molecule is CCNC(=O)Nc1cccc(Cn2cc(NC(=O)c3nccnc3N)cn2)c1. The zero-order valence-electron chi connectivity index (χ0n) is 15.2. The van der Waals surface area contributed by atoms with Gasteiger partial charge in [-0.15, -0.1) is 0 Å². The minimum absolute atomic E-state index is 0.0550. The maximum Gasteiger partial charge on any atom is 0.319 e. The van der Waals surface area contributed by atoms with Crippen molar-refractivity contribution in [3.63, 3.8) is 0 Å². The Morgan fingerprint density at radius 2 is 1.96 bits per heavy atom. The number of carbonyl (C=O) groups is 2. The smallest absolute Gasteiger partial charge is 0.319 e. The second kappa shape index (κ2) is 8.62. The van der Waals surface area contributed by atoms with Crippen molar-refractivity contribution in [2.75, 3.05) is 22.9 Å². The van der Waals surface area contributed by atoms with Crippen LogP contribution in [-0.4, -0.2) is 38.2 Å². The van der Waals surface area contributed by atoms with Crippen molar-refractivity contribution in [3.8, 4) is 0 Å². The summed E-state index contributed by atoms with van der Waals surface area (Å²) in [5.74, 6) is -0.401. The van der Waals surface area contributed by atoms with E-state index in [1.54, 1.807) is 16.9 Å². The van der Waals surface area contributed by atoms with E-state index in [0.717, 1.165) is 5.56 Å². The second-order valence-electron chi connectivity index (χ2n) is 5.86. The number of aromatic nitrogens is 4. The first-order valence-corrected chi connectivity index (χ1v) is 8.59. The van der Waals surface area contributed by atoms with Crippen molar-refractivity contribution in [2.24, 2.45) is 0 Å². The number of urea groups is 1. The fourth-order valence-corrected chi connectivity index (χ4v) is 2.50. The van der Waals surface area contributed by atoms with Gasteiger partial charge in [0.1, 0.15) is 0 Å². The summed E-state index contributed by atoms with van der Waals surface area (Å²) in [5.41, 5.74) is 7.84. The molecule has 3 amide bonds. The number of nitrogen functional groups attached to an aromatic ring is 1. The van der Waals surface area contributed by atoms with Crippen LogP contribution in [0.1, 0.15) is 23.0 Å². The normalized spacial score (nSPS) is 10.3. The molecule has 2 heterocycles. The summed E-state index contributed by atoms with van der Waals surface area (Å²) in [6.45, 7) is 2.87. The number of nitrogens with one attached hydrogen (secondary N) is 3. The van der Waals surface area contributed by atoms with E-state index in [9.17, 15) is 9.59 Å². The average molecular weight is 380 g/mol. The van der Waals surface area contributed by atoms with Crippen molar-refractivity contribution in [2.45, 2.75) is 13.5 Å². The highest BCUT2D eigenvalue weighted by Gasteiger charge is 2.13. The second-order valence-corrected chi connectivity index (χ2v) is 5.86. The number of carbonyl (C=O) groups excluding carboxylic acids is 2. The van der Waals surface area contributed by atoms with Crippen LogP contribution in [0.4, 0.5) is 22.0 Å². The van der Waals surface area contributed by atoms with Gasteiger partial charge in [0.25, 0.3) is 5.91 Å². The molecule has 0 aliphatic rings. The highest BCUT2D eigenvalue weighted by Crippen LogP contribution is 2.14. The molecule has 0 spiro atoms. The summed E-state index contributed by atoms with van der Waals surface area (Å²) in [5, 5.41) is 12.4. The molecule has 0 bridgehead atoms. The van der Waals surface area contributed by atoms with Crippen LogP contribution in [0, 0.1) is 0 Å². The lowest BCUT2D eigenvalue weighted by atomic mass is 10.2. The van der Waals surface area contributed by atoms with Gasteiger partial charge in [0.15, 0.2) is 11.5 Å². The molecular formula is C18H20N8O2. The Morgan fingerprint density at radius 3 is 2.75 bits per heavy atom. The van der Waals surface area contributed by atoms with Crippen LogP contribution in [0.5, 0.6) is 0 Å². The predicted molar refractivity (Wildman–Crippen MR) is 105 cm³/mol. The molecule has 0 saturated carbocycles. The first-order valence-electron chi connectivity index (χ1n) is 8.59. The lowest BCUT2D eigenvalue weighted by molar-refractivity contribution is 0.102. The van der Waals surface area contributed by atoms with E-state index in [-0.39, 0.29) is 17.5 Å². The average Bonchev–Trinajstić information content (AvgIpc) is 3.09. The molecule has 0 fully saturated rings. The lowest BCUT2D eigenvalue weighted by Gasteiger charge is -2.08. The number of benzene rings is 1. The Hall–Kier alpha value is -3.95. The van der Waals surface area contributed by atoms with Crippen LogP contribution in [0.15, 0.2) is 49.1 Å². The summed E-state index contributed by atoms with van der Waals surface area (Å²) >= 11 is 0. The van der Waals surface area contributed by atoms with Gasteiger partial charge in [0.05, 0.1) is 18.4 Å². The third kappa shape index (κ3) is 4.81. The van der Waals surface area contributed by atoms with Crippen LogP contribution in [0.2, 0.25) is 0 Å². The van der Waals surface area contributed by atoms with Gasteiger partial charge < -0.3 is 21.7 Å². The number of hydrogen-bond acceptors (Lipinski definition) is 6. The van der Waals surface area contributed by atoms with Crippen LogP contribution in [0.3, 0.4) is 0 Å². The van der Waals surface area contributed by atoms with E-state index in [2.05, 4.69) is 31.0 Å². The fourth-order valence-electron chi connectivity index (χ4n) is 2.50. The fraction of sp³-hybridized carbons (Fsp3) is 0.167. The van der Waals surface area contributed by atoms with Gasteiger partial charge in [-0.25, -0.2) is 14.8 Å². The van der Waals surface area contributed by atoms with Gasteiger partial charge >= 0.3 is 6.03 Å². The van der Waals surface area contributed by atoms with Gasteiger partial charge in [-0.2, -0.15) is 5.10 Å². The third-order valence-electron chi connectivity index (χ3n) is 3.70. The number of hydrogen-bond donors (Lipinski definition) is 4. The van der Waals surface area contributed by atoms with Crippen molar-refractivity contribution < 1.29 is 9.59 Å². The lowest BCUT2D eigenvalue weighted by Crippen LogP contribution is -2.28. The largest absolute Gasteiger partial charge is 0.382 e. The van der Waals surface area contributed by atoms with E-state index in [4.69, 9.17) is 5.73 Å². The Morgan fingerprint density at radius 1 is 1.14 bits per heavy atom. The Labute approximate surface area is 161 Å². The Bertz CT molecular complexity index is 985. The molecule has 0 aliphatic heterocycles. The zero-order valence-corrected chi connectivity index (χ0v) is 15.2. The van der Waals surface area contributed by atoms with Gasteiger partial charge in [0.2, 0.25) is 0 Å². The van der Waals surface area contributed by atoms with E-state index >= 15 is 0 Å². The molecule has 3 rings (SSSR count). The molecule has 3 aromatic rings. The summed E-state index contributed by atoms with van der Waals surface area (Å²) in [6.07, 6.45) is 6.03. The summed E-state index contributed by atoms with van der Waals surface area (Å²) in [4.78, 5) is 31.6. The molecule has 0 unspecified atom stereocenters. The molecular weight excluding hydrogens is 360 g/mol. The molecule has 0 aliphatic carbocycles. The molecule has 144 valence electrons. The Kier molecular flexibility index (Phi) is 5.80. The first kappa shape index (κ1) is 18.8. The van der Waals surface area contributed by atoms with Crippen molar-refractivity contribution in [3.05, 3.63) is 60.3 Å². The van der Waals surface area contributed by atoms with Crippen molar-refractivity contribution >= 4 is 29.1 Å². The van der Waals surface area contributed by atoms with Crippen LogP contribution >= 0.6 is 0 Å². The first-order chi connectivity index (χ1) is 13.5. The van der Waals surface area contributed by atoms with Gasteiger partial charge in [-0.05, 0) is 24.6 Å². The predicted octanol–water partition coefficient (Wildman–Crippen LogP) is 1.70. The van der Waals surface area contributed by atoms with Crippen LogP contribution < -0.4 is 21.7 Å². The molecule has 28 heavy (non-hydrogen) atoms. The number of nitrogens with zero attached hydrogens (tertiary/aromatic N) is 4. The standard InChI is InChI=1S/C18H20N8O2/c1-2-20-18(28)25-13-5-3-4-12(8-13)10-26-11-14(9-23-26)24-17(27)15-16(19)22-7-6-21-15/h3-9,11H,2,10H2,1H3,(H2,19,22)(H,24,27)(H2,20,25,28). The Balaban J connectivity index is 1.64. The topological polar surface area (TPSA) is 140 Å². The minimum Gasteiger partial charge on any atom is -0.382 e. The molecule has 10 nitrogen and oxygen atoms in total. The number of anilines is 3. The maximum atomic E-state index is 12.2. The third-order valence-corrected chi connectivity index (χ3v) is 3.70. The van der Waals surface area contributed by atoms with Gasteiger partial charge in [-0.3, -0.25) is 9.48 Å². The number of rotatable bonds is 6. The van der Waals surface area contributed by atoms with Crippen molar-refractivity contribution in [1.29, 1.82) is 0 Å². The van der Waals surface area contributed by atoms with E-state index < -0.39 is 5.91 Å². The molecule has 0 radical (unpaired) electrons. The zero-order chi connectivity index (χ0) is 19.9. The van der Waals surface area contributed by atoms with Crippen LogP contribution in [-0.2, 0) is 6.54 Å². The maximum absolute atomic E-state index is 12.2. The molecule has 2 aromatic heterocycles. The summed E-state index contributed by atoms with van der Waals surface area (Å²) in [7, 11) is 0. The van der Waals surface area contributed by atoms with Gasteiger partial charge in [-0.1, -0.05) is 12.1 Å². The highest BCUT2D eigenvalue weighted by atomic mass is 16.2. The number of amides is 3. The van der Waals surface area contributed by atoms with E-state index in [1.807, 2.05) is 25.1 Å². The quantitative estimate of drug-likeness (QED) is 0.513. The molecule has 5 N–H and O–H groups in total. The molecule has 0 saturated heterocycles. The minimum atomic E-state index is -0.460. The summed E-state index contributed by atoms with van der Waals surface area (Å²) < 4.78 is 1.67. The molecule has 0 atom stereocenters. The van der Waals surface area contributed by atoms with Crippen LogP contribution in [0.25, 0.3) is 0 Å². The monoisotopic (exact) mass is 380 g/mol. The van der Waals surface area contributed by atoms with E-state index in [0.29, 0.717) is 24.5 Å². The summed E-state index contributed by atoms with van der Waals surface area (Å²) in [6, 6.07) is 7.17. The molecule has 1 aromatic carbocycles. The number of nitrogens with two attached hydrogens (primary N) is 1. The van der Waals surface area contributed by atoms with Crippen molar-refractivity contribution in [1.82, 2.24) is 25.1 Å². The molecule has 10 heteroatoms. The van der Waals surface area contributed by atoms with E-state index in [1.165, 1.54) is 18.6 Å².